The lowest BCUT2D eigenvalue weighted by atomic mass is 10.1. The largest absolute Gasteiger partial charge is 0.480 e. The first kappa shape index (κ1) is 15.9. The van der Waals surface area contributed by atoms with Gasteiger partial charge in [0.1, 0.15) is 12.6 Å². The van der Waals surface area contributed by atoms with E-state index < -0.39 is 23.9 Å². The van der Waals surface area contributed by atoms with Crippen molar-refractivity contribution in [2.75, 3.05) is 13.1 Å². The molecule has 1 heterocycles. The van der Waals surface area contributed by atoms with Crippen LogP contribution < -0.4 is 10.6 Å². The zero-order valence-electron chi connectivity index (χ0n) is 11.3. The van der Waals surface area contributed by atoms with Gasteiger partial charge in [-0.2, -0.15) is 0 Å². The second kappa shape index (κ2) is 7.46. The van der Waals surface area contributed by atoms with Gasteiger partial charge in [-0.15, -0.1) is 0 Å². The standard InChI is InChI=1S/C12H19N3O5/c1-2-3-4-8(11(18)19)13-10(17)7-15-6-5-9(16)14-12(15)20/h8H,2-7H2,1H3,(H,13,17)(H,18,19)(H,14,16,20). The predicted molar refractivity (Wildman–Crippen MR) is 68.8 cm³/mol. The molecule has 1 aliphatic heterocycles. The van der Waals surface area contributed by atoms with E-state index in [9.17, 15) is 19.2 Å². The minimum absolute atomic E-state index is 0.136. The summed E-state index contributed by atoms with van der Waals surface area (Å²) in [7, 11) is 0. The fraction of sp³-hybridized carbons (Fsp3) is 0.667. The molecule has 0 radical (unpaired) electrons. The van der Waals surface area contributed by atoms with Crippen molar-refractivity contribution in [2.45, 2.75) is 38.6 Å². The molecule has 1 unspecified atom stereocenters. The molecule has 0 saturated carbocycles. The summed E-state index contributed by atoms with van der Waals surface area (Å²) >= 11 is 0. The van der Waals surface area contributed by atoms with Gasteiger partial charge in [0.25, 0.3) is 0 Å². The van der Waals surface area contributed by atoms with Crippen LogP contribution in [-0.4, -0.2) is 53.0 Å². The van der Waals surface area contributed by atoms with Gasteiger partial charge >= 0.3 is 12.0 Å². The molecule has 0 aromatic carbocycles. The van der Waals surface area contributed by atoms with Crippen molar-refractivity contribution in [3.8, 4) is 0 Å². The molecule has 8 heteroatoms. The highest BCUT2D eigenvalue weighted by Crippen LogP contribution is 2.03. The Balaban J connectivity index is 2.47. The molecule has 1 saturated heterocycles. The number of rotatable bonds is 7. The van der Waals surface area contributed by atoms with Crippen molar-refractivity contribution in [3.05, 3.63) is 0 Å². The lowest BCUT2D eigenvalue weighted by Gasteiger charge is -2.26. The summed E-state index contributed by atoms with van der Waals surface area (Å²) in [5, 5.41) is 13.5. The van der Waals surface area contributed by atoms with Crippen LogP contribution in [0.15, 0.2) is 0 Å². The Labute approximate surface area is 116 Å². The Kier molecular flexibility index (Phi) is 5.95. The van der Waals surface area contributed by atoms with Crippen LogP contribution in [-0.2, 0) is 14.4 Å². The number of imide groups is 1. The first-order valence-corrected chi connectivity index (χ1v) is 6.55. The number of unbranched alkanes of at least 4 members (excludes halogenated alkanes) is 1. The predicted octanol–water partition coefficient (Wildman–Crippen LogP) is -0.312. The number of urea groups is 1. The first-order chi connectivity index (χ1) is 9.43. The highest BCUT2D eigenvalue weighted by molar-refractivity contribution is 5.98. The number of carbonyl (C=O) groups excluding carboxylic acids is 3. The molecule has 112 valence electrons. The monoisotopic (exact) mass is 285 g/mol. The number of aliphatic carboxylic acids is 1. The van der Waals surface area contributed by atoms with E-state index in [1.54, 1.807) is 0 Å². The average Bonchev–Trinajstić information content (AvgIpc) is 2.37. The van der Waals surface area contributed by atoms with E-state index >= 15 is 0 Å². The quantitative estimate of drug-likeness (QED) is 0.593. The third kappa shape index (κ3) is 4.87. The van der Waals surface area contributed by atoms with Crippen LogP contribution in [0.5, 0.6) is 0 Å². The normalized spacial score (nSPS) is 16.6. The third-order valence-corrected chi connectivity index (χ3v) is 2.96. The van der Waals surface area contributed by atoms with Crippen molar-refractivity contribution in [2.24, 2.45) is 0 Å². The maximum Gasteiger partial charge on any atom is 0.326 e. The Morgan fingerprint density at radius 3 is 2.70 bits per heavy atom. The fourth-order valence-corrected chi connectivity index (χ4v) is 1.83. The van der Waals surface area contributed by atoms with Crippen LogP contribution in [0, 0.1) is 0 Å². The van der Waals surface area contributed by atoms with Crippen LogP contribution in [0.25, 0.3) is 0 Å². The van der Waals surface area contributed by atoms with Crippen LogP contribution in [0.2, 0.25) is 0 Å². The summed E-state index contributed by atoms with van der Waals surface area (Å²) in [6, 6.07) is -1.58. The molecule has 0 bridgehead atoms. The number of nitrogens with zero attached hydrogens (tertiary/aromatic N) is 1. The van der Waals surface area contributed by atoms with E-state index in [4.69, 9.17) is 5.11 Å². The average molecular weight is 285 g/mol. The van der Waals surface area contributed by atoms with Gasteiger partial charge in [0.15, 0.2) is 0 Å². The lowest BCUT2D eigenvalue weighted by Crippen LogP contribution is -2.53. The number of carboxylic acid groups (broad SMARTS) is 1. The maximum atomic E-state index is 11.7. The molecule has 1 fully saturated rings. The molecular formula is C12H19N3O5. The lowest BCUT2D eigenvalue weighted by molar-refractivity contribution is -0.142. The zero-order valence-corrected chi connectivity index (χ0v) is 11.3. The van der Waals surface area contributed by atoms with Crippen molar-refractivity contribution in [1.29, 1.82) is 0 Å². The highest BCUT2D eigenvalue weighted by Gasteiger charge is 2.26. The summed E-state index contributed by atoms with van der Waals surface area (Å²) in [5.74, 6) is -2.01. The van der Waals surface area contributed by atoms with Gasteiger partial charge in [0.2, 0.25) is 11.8 Å². The first-order valence-electron chi connectivity index (χ1n) is 6.55. The molecule has 4 amide bonds. The summed E-state index contributed by atoms with van der Waals surface area (Å²) in [6.07, 6.45) is 2.01. The van der Waals surface area contributed by atoms with Crippen LogP contribution >= 0.6 is 0 Å². The Morgan fingerprint density at radius 1 is 1.45 bits per heavy atom. The van der Waals surface area contributed by atoms with E-state index in [2.05, 4.69) is 10.6 Å². The van der Waals surface area contributed by atoms with E-state index in [0.29, 0.717) is 12.8 Å². The topological polar surface area (TPSA) is 116 Å². The van der Waals surface area contributed by atoms with Crippen LogP contribution in [0.3, 0.4) is 0 Å². The number of carbonyl (C=O) groups is 4. The smallest absolute Gasteiger partial charge is 0.326 e. The van der Waals surface area contributed by atoms with E-state index in [1.807, 2.05) is 6.92 Å². The number of hydrogen-bond donors (Lipinski definition) is 3. The van der Waals surface area contributed by atoms with Gasteiger partial charge in [-0.05, 0) is 6.42 Å². The zero-order chi connectivity index (χ0) is 15.1. The number of carboxylic acids is 1. The second-order valence-electron chi connectivity index (χ2n) is 4.63. The fourth-order valence-electron chi connectivity index (χ4n) is 1.83. The highest BCUT2D eigenvalue weighted by atomic mass is 16.4. The molecule has 8 nitrogen and oxygen atoms in total. The van der Waals surface area contributed by atoms with Gasteiger partial charge in [0, 0.05) is 13.0 Å². The molecule has 0 aliphatic carbocycles. The molecule has 1 rings (SSSR count). The van der Waals surface area contributed by atoms with E-state index in [-0.39, 0.29) is 25.4 Å². The minimum atomic E-state index is -1.09. The molecule has 0 aromatic heterocycles. The van der Waals surface area contributed by atoms with Crippen LogP contribution in [0.1, 0.15) is 32.6 Å². The Bertz CT molecular complexity index is 410. The van der Waals surface area contributed by atoms with Crippen molar-refractivity contribution in [1.82, 2.24) is 15.5 Å². The Hall–Kier alpha value is -2.12. The maximum absolute atomic E-state index is 11.7. The SMILES string of the molecule is CCCCC(NC(=O)CN1CCC(=O)NC1=O)C(=O)O. The van der Waals surface area contributed by atoms with Gasteiger partial charge < -0.3 is 15.3 Å². The van der Waals surface area contributed by atoms with Gasteiger partial charge in [0.05, 0.1) is 0 Å². The second-order valence-corrected chi connectivity index (χ2v) is 4.63. The molecule has 20 heavy (non-hydrogen) atoms. The van der Waals surface area contributed by atoms with Gasteiger partial charge in [-0.25, -0.2) is 9.59 Å². The van der Waals surface area contributed by atoms with Crippen molar-refractivity contribution < 1.29 is 24.3 Å². The minimum Gasteiger partial charge on any atom is -0.480 e. The summed E-state index contributed by atoms with van der Waals surface area (Å²) < 4.78 is 0. The molecule has 3 N–H and O–H groups in total. The summed E-state index contributed by atoms with van der Waals surface area (Å²) in [6.45, 7) is 1.83. The Morgan fingerprint density at radius 2 is 2.15 bits per heavy atom. The van der Waals surface area contributed by atoms with Crippen molar-refractivity contribution >= 4 is 23.8 Å². The molecule has 0 aromatic rings. The van der Waals surface area contributed by atoms with Gasteiger partial charge in [-0.1, -0.05) is 19.8 Å². The van der Waals surface area contributed by atoms with Crippen molar-refractivity contribution in [3.63, 3.8) is 0 Å². The molecule has 1 aliphatic rings. The van der Waals surface area contributed by atoms with Gasteiger partial charge in [-0.3, -0.25) is 14.9 Å². The van der Waals surface area contributed by atoms with E-state index in [0.717, 1.165) is 6.42 Å². The summed E-state index contributed by atoms with van der Waals surface area (Å²) in [4.78, 5) is 46.3. The number of hydrogen-bond acceptors (Lipinski definition) is 4. The molecule has 0 spiro atoms. The summed E-state index contributed by atoms with van der Waals surface area (Å²) in [5.41, 5.74) is 0. The molecular weight excluding hydrogens is 266 g/mol. The third-order valence-electron chi connectivity index (χ3n) is 2.96. The molecule has 1 atom stereocenters. The van der Waals surface area contributed by atoms with Crippen LogP contribution in [0.4, 0.5) is 4.79 Å². The van der Waals surface area contributed by atoms with E-state index in [1.165, 1.54) is 4.90 Å². The number of nitrogens with one attached hydrogen (secondary N) is 2. The number of amides is 4.